The topological polar surface area (TPSA) is 84.3 Å². The van der Waals surface area contributed by atoms with Crippen LogP contribution >= 0.6 is 0 Å². The fourth-order valence-electron chi connectivity index (χ4n) is 4.10. The van der Waals surface area contributed by atoms with E-state index in [1.54, 1.807) is 0 Å². The highest BCUT2D eigenvalue weighted by Gasteiger charge is 2.24. The van der Waals surface area contributed by atoms with E-state index in [0.29, 0.717) is 25.3 Å². The van der Waals surface area contributed by atoms with Gasteiger partial charge in [0.05, 0.1) is 17.2 Å². The zero-order valence-corrected chi connectivity index (χ0v) is 17.7. The molecule has 0 spiro atoms. The number of imidazole rings is 1. The van der Waals surface area contributed by atoms with Gasteiger partial charge in [-0.15, -0.1) is 0 Å². The van der Waals surface area contributed by atoms with E-state index in [2.05, 4.69) is 19.8 Å². The molecule has 1 fully saturated rings. The Morgan fingerprint density at radius 1 is 1.10 bits per heavy atom. The summed E-state index contributed by atoms with van der Waals surface area (Å²) in [5.74, 6) is 1.39. The van der Waals surface area contributed by atoms with Crippen LogP contribution in [0.25, 0.3) is 0 Å². The highest BCUT2D eigenvalue weighted by Crippen LogP contribution is 2.21. The molecule has 2 aliphatic rings. The Morgan fingerprint density at radius 2 is 1.83 bits per heavy atom. The maximum Gasteiger partial charge on any atom is 0.270 e. The van der Waals surface area contributed by atoms with Gasteiger partial charge in [0.25, 0.3) is 5.91 Å². The first-order valence-corrected chi connectivity index (χ1v) is 12.2. The first-order chi connectivity index (χ1) is 14.0. The molecule has 0 saturated carbocycles. The second kappa shape index (κ2) is 8.18. The van der Waals surface area contributed by atoms with E-state index in [0.717, 1.165) is 55.0 Å². The third kappa shape index (κ3) is 4.32. The number of aromatic nitrogens is 2. The van der Waals surface area contributed by atoms with Crippen molar-refractivity contribution in [2.24, 2.45) is 0 Å². The number of sulfone groups is 1. The molecule has 156 valence electrons. The summed E-state index contributed by atoms with van der Waals surface area (Å²) in [7, 11) is -2.88. The molecular weight excluding hydrogens is 388 g/mol. The molecule has 1 saturated heterocycles. The molecule has 4 rings (SSSR count). The Labute approximate surface area is 172 Å². The summed E-state index contributed by atoms with van der Waals surface area (Å²) in [6.07, 6.45) is 3.92. The molecular formula is C21H28N4O3S. The average Bonchev–Trinajstić information content (AvgIpc) is 3.11. The van der Waals surface area contributed by atoms with Crippen LogP contribution in [-0.2, 0) is 35.8 Å². The van der Waals surface area contributed by atoms with Crippen molar-refractivity contribution in [2.45, 2.75) is 45.7 Å². The lowest BCUT2D eigenvalue weighted by molar-refractivity contribution is 0.0939. The molecule has 1 amide bonds. The second-order valence-corrected chi connectivity index (χ2v) is 10.1. The average molecular weight is 417 g/mol. The van der Waals surface area contributed by atoms with Gasteiger partial charge in [-0.1, -0.05) is 19.1 Å². The van der Waals surface area contributed by atoms with Crippen molar-refractivity contribution in [2.75, 3.05) is 29.5 Å². The van der Waals surface area contributed by atoms with Gasteiger partial charge >= 0.3 is 0 Å². The van der Waals surface area contributed by atoms with Crippen molar-refractivity contribution in [1.29, 1.82) is 0 Å². The van der Waals surface area contributed by atoms with Crippen LogP contribution in [0.2, 0.25) is 0 Å². The van der Waals surface area contributed by atoms with E-state index < -0.39 is 9.84 Å². The molecule has 1 N–H and O–H groups in total. The van der Waals surface area contributed by atoms with Gasteiger partial charge in [-0.25, -0.2) is 13.4 Å². The van der Waals surface area contributed by atoms with Crippen LogP contribution in [-0.4, -0.2) is 48.5 Å². The maximum absolute atomic E-state index is 12.9. The van der Waals surface area contributed by atoms with Gasteiger partial charge in [0.1, 0.15) is 11.5 Å². The number of carbonyl (C=O) groups is 1. The number of benzene rings is 1. The van der Waals surface area contributed by atoms with Crippen LogP contribution in [0.4, 0.5) is 5.69 Å². The Bertz CT molecular complexity index is 982. The summed E-state index contributed by atoms with van der Waals surface area (Å²) in [5, 5.41) is 3.04. The van der Waals surface area contributed by atoms with E-state index in [9.17, 15) is 13.2 Å². The molecule has 0 bridgehead atoms. The fourth-order valence-corrected chi connectivity index (χ4v) is 5.30. The number of carbonyl (C=O) groups excluding carboxylic acids is 1. The molecule has 7 nitrogen and oxygen atoms in total. The van der Waals surface area contributed by atoms with Gasteiger partial charge in [0, 0.05) is 38.3 Å². The number of rotatable bonds is 5. The minimum absolute atomic E-state index is 0.0622. The number of hydrogen-bond donors (Lipinski definition) is 1. The maximum atomic E-state index is 12.9. The van der Waals surface area contributed by atoms with Crippen LogP contribution in [0.5, 0.6) is 0 Å². The molecule has 0 atom stereocenters. The predicted octanol–water partition coefficient (Wildman–Crippen LogP) is 1.95. The zero-order chi connectivity index (χ0) is 20.4. The number of hydrogen-bond acceptors (Lipinski definition) is 5. The van der Waals surface area contributed by atoms with Gasteiger partial charge in [0.15, 0.2) is 9.84 Å². The van der Waals surface area contributed by atoms with Crippen LogP contribution in [0.1, 0.15) is 47.3 Å². The molecule has 0 radical (unpaired) electrons. The smallest absolute Gasteiger partial charge is 0.270 e. The molecule has 1 aromatic carbocycles. The van der Waals surface area contributed by atoms with Crippen molar-refractivity contribution < 1.29 is 13.2 Å². The number of amides is 1. The van der Waals surface area contributed by atoms with Gasteiger partial charge in [0.2, 0.25) is 0 Å². The quantitative estimate of drug-likeness (QED) is 0.805. The monoisotopic (exact) mass is 416 g/mol. The largest absolute Gasteiger partial charge is 0.369 e. The van der Waals surface area contributed by atoms with Crippen LogP contribution in [0.3, 0.4) is 0 Å². The van der Waals surface area contributed by atoms with E-state index in [4.69, 9.17) is 0 Å². The van der Waals surface area contributed by atoms with Gasteiger partial charge in [-0.05, 0) is 37.0 Å². The molecule has 2 aliphatic heterocycles. The standard InChI is InChI=1S/C21H28N4O3S/c1-2-18-20(25-10-4-3-5-19(25)23-18)21(26)22-15-16-6-8-17(9-7-16)24-11-13-29(27,28)14-12-24/h6-9H,2-5,10-15H2,1H3,(H,22,26). The lowest BCUT2D eigenvalue weighted by atomic mass is 10.1. The molecule has 8 heteroatoms. The van der Waals surface area contributed by atoms with Gasteiger partial charge in [-0.3, -0.25) is 4.79 Å². The SMILES string of the molecule is CCc1nc2n(c1C(=O)NCc1ccc(N3CCS(=O)(=O)CC3)cc1)CCCC2. The molecule has 1 aromatic heterocycles. The molecule has 2 aromatic rings. The van der Waals surface area contributed by atoms with Crippen molar-refractivity contribution >= 4 is 21.4 Å². The number of nitrogens with one attached hydrogen (secondary N) is 1. The first kappa shape index (κ1) is 19.9. The summed E-state index contributed by atoms with van der Waals surface area (Å²) >= 11 is 0. The van der Waals surface area contributed by atoms with E-state index in [1.165, 1.54) is 0 Å². The molecule has 29 heavy (non-hydrogen) atoms. The fraction of sp³-hybridized carbons (Fsp3) is 0.524. The lowest BCUT2D eigenvalue weighted by Gasteiger charge is -2.28. The van der Waals surface area contributed by atoms with Gasteiger partial charge < -0.3 is 14.8 Å². The third-order valence-electron chi connectivity index (χ3n) is 5.80. The van der Waals surface area contributed by atoms with Crippen LogP contribution in [0, 0.1) is 0 Å². The van der Waals surface area contributed by atoms with Crippen molar-refractivity contribution in [3.8, 4) is 0 Å². The van der Waals surface area contributed by atoms with Crippen molar-refractivity contribution in [3.63, 3.8) is 0 Å². The minimum atomic E-state index is -2.88. The summed E-state index contributed by atoms with van der Waals surface area (Å²) in [6, 6.07) is 7.98. The Kier molecular flexibility index (Phi) is 5.63. The predicted molar refractivity (Wildman–Crippen MR) is 113 cm³/mol. The number of fused-ring (bicyclic) bond motifs is 1. The minimum Gasteiger partial charge on any atom is -0.369 e. The first-order valence-electron chi connectivity index (χ1n) is 10.4. The summed E-state index contributed by atoms with van der Waals surface area (Å²) in [6.45, 7) is 4.42. The number of nitrogens with zero attached hydrogens (tertiary/aromatic N) is 3. The van der Waals surface area contributed by atoms with Crippen LogP contribution < -0.4 is 10.2 Å². The Morgan fingerprint density at radius 3 is 2.52 bits per heavy atom. The molecule has 0 unspecified atom stereocenters. The number of anilines is 1. The highest BCUT2D eigenvalue weighted by atomic mass is 32.2. The van der Waals surface area contributed by atoms with E-state index in [1.807, 2.05) is 31.2 Å². The lowest BCUT2D eigenvalue weighted by Crippen LogP contribution is -2.40. The van der Waals surface area contributed by atoms with Crippen molar-refractivity contribution in [1.82, 2.24) is 14.9 Å². The summed E-state index contributed by atoms with van der Waals surface area (Å²) < 4.78 is 25.3. The highest BCUT2D eigenvalue weighted by molar-refractivity contribution is 7.91. The zero-order valence-electron chi connectivity index (χ0n) is 16.9. The molecule has 0 aliphatic carbocycles. The summed E-state index contributed by atoms with van der Waals surface area (Å²) in [5.41, 5.74) is 3.64. The van der Waals surface area contributed by atoms with Crippen LogP contribution in [0.15, 0.2) is 24.3 Å². The van der Waals surface area contributed by atoms with Crippen molar-refractivity contribution in [3.05, 3.63) is 47.0 Å². The normalized spacial score (nSPS) is 18.3. The number of aryl methyl sites for hydroxylation is 2. The van der Waals surface area contributed by atoms with Gasteiger partial charge in [-0.2, -0.15) is 0 Å². The third-order valence-corrected chi connectivity index (χ3v) is 7.41. The summed E-state index contributed by atoms with van der Waals surface area (Å²) in [4.78, 5) is 19.6. The second-order valence-electron chi connectivity index (χ2n) is 7.77. The van der Waals surface area contributed by atoms with E-state index in [-0.39, 0.29) is 17.4 Å². The van der Waals surface area contributed by atoms with E-state index >= 15 is 0 Å². The molecule has 3 heterocycles. The Hall–Kier alpha value is -2.35. The Balaban J connectivity index is 1.40.